The number of hydrogen-bond acceptors (Lipinski definition) is 3. The first-order valence-corrected chi connectivity index (χ1v) is 8.01. The maximum absolute atomic E-state index is 12.1. The van der Waals surface area contributed by atoms with Crippen LogP contribution in [0.15, 0.2) is 18.2 Å². The van der Waals surface area contributed by atoms with Crippen LogP contribution in [0.4, 0.5) is 0 Å². The van der Waals surface area contributed by atoms with Gasteiger partial charge in [0, 0.05) is 19.0 Å². The zero-order chi connectivity index (χ0) is 14.7. The lowest BCUT2D eigenvalue weighted by Crippen LogP contribution is -2.40. The summed E-state index contributed by atoms with van der Waals surface area (Å²) in [7, 11) is 0. The molecular weight excluding hydrogens is 264 g/mol. The molecule has 0 spiro atoms. The largest absolute Gasteiger partial charge is 0.493 e. The standard InChI is InChI=1S/C17H24N2O2/c1-2-19-8-3-4-15(19)12-18-17(20)11-13-5-6-14-7-9-21-16(14)10-13/h5-6,10,15H,2-4,7-9,11-12H2,1H3,(H,18,20). The molecule has 1 N–H and O–H groups in total. The van der Waals surface area contributed by atoms with E-state index in [0.29, 0.717) is 12.5 Å². The number of rotatable bonds is 5. The average Bonchev–Trinajstić information content (AvgIpc) is 3.13. The predicted octanol–water partition coefficient (Wildman–Crippen LogP) is 1.76. The summed E-state index contributed by atoms with van der Waals surface area (Å²) < 4.78 is 5.55. The van der Waals surface area contributed by atoms with E-state index in [1.54, 1.807) is 0 Å². The van der Waals surface area contributed by atoms with Gasteiger partial charge in [0.1, 0.15) is 5.75 Å². The lowest BCUT2D eigenvalue weighted by atomic mass is 10.1. The van der Waals surface area contributed by atoms with Crippen LogP contribution in [0.1, 0.15) is 30.9 Å². The van der Waals surface area contributed by atoms with Gasteiger partial charge in [0.2, 0.25) is 5.91 Å². The van der Waals surface area contributed by atoms with Crippen LogP contribution < -0.4 is 10.1 Å². The van der Waals surface area contributed by atoms with E-state index >= 15 is 0 Å². The molecule has 1 amide bonds. The third-order valence-corrected chi connectivity index (χ3v) is 4.57. The number of likely N-dealkylation sites (N-methyl/N-ethyl adjacent to an activating group) is 1. The Balaban J connectivity index is 1.50. The molecule has 2 aliphatic heterocycles. The number of likely N-dealkylation sites (tertiary alicyclic amines) is 1. The lowest BCUT2D eigenvalue weighted by Gasteiger charge is -2.22. The Morgan fingerprint density at radius 2 is 2.38 bits per heavy atom. The Bertz CT molecular complexity index is 516. The fourth-order valence-corrected chi connectivity index (χ4v) is 3.34. The number of hydrogen-bond donors (Lipinski definition) is 1. The van der Waals surface area contributed by atoms with Crippen LogP contribution >= 0.6 is 0 Å². The predicted molar refractivity (Wildman–Crippen MR) is 82.6 cm³/mol. The Labute approximate surface area is 126 Å². The number of amides is 1. The van der Waals surface area contributed by atoms with E-state index in [1.807, 2.05) is 12.1 Å². The number of benzene rings is 1. The molecule has 21 heavy (non-hydrogen) atoms. The molecule has 1 aromatic carbocycles. The third-order valence-electron chi connectivity index (χ3n) is 4.57. The molecule has 4 heteroatoms. The summed E-state index contributed by atoms with van der Waals surface area (Å²) in [5, 5.41) is 3.08. The summed E-state index contributed by atoms with van der Waals surface area (Å²) >= 11 is 0. The van der Waals surface area contributed by atoms with Gasteiger partial charge in [-0.15, -0.1) is 0 Å². The van der Waals surface area contributed by atoms with Crippen molar-refractivity contribution in [1.29, 1.82) is 0 Å². The van der Waals surface area contributed by atoms with Crippen molar-refractivity contribution in [3.05, 3.63) is 29.3 Å². The normalized spacial score (nSPS) is 21.1. The molecule has 0 bridgehead atoms. The summed E-state index contributed by atoms with van der Waals surface area (Å²) in [5.41, 5.74) is 2.29. The second-order valence-corrected chi connectivity index (χ2v) is 5.95. The van der Waals surface area contributed by atoms with E-state index in [-0.39, 0.29) is 5.91 Å². The Morgan fingerprint density at radius 3 is 3.24 bits per heavy atom. The molecule has 3 rings (SSSR count). The maximum atomic E-state index is 12.1. The molecule has 1 fully saturated rings. The Kier molecular flexibility index (Phi) is 4.44. The van der Waals surface area contributed by atoms with Gasteiger partial charge in [0.15, 0.2) is 0 Å². The molecular formula is C17H24N2O2. The summed E-state index contributed by atoms with van der Waals surface area (Å²) in [5.74, 6) is 1.06. The molecule has 2 heterocycles. The van der Waals surface area contributed by atoms with E-state index in [0.717, 1.165) is 37.4 Å². The fraction of sp³-hybridized carbons (Fsp3) is 0.588. The quantitative estimate of drug-likeness (QED) is 0.898. The SMILES string of the molecule is CCN1CCCC1CNC(=O)Cc1ccc2c(c1)OCC2. The van der Waals surface area contributed by atoms with E-state index in [4.69, 9.17) is 4.74 Å². The Hall–Kier alpha value is -1.55. The van der Waals surface area contributed by atoms with Gasteiger partial charge in [-0.25, -0.2) is 0 Å². The highest BCUT2D eigenvalue weighted by molar-refractivity contribution is 5.78. The summed E-state index contributed by atoms with van der Waals surface area (Å²) in [6.45, 7) is 5.96. The first kappa shape index (κ1) is 14.4. The third kappa shape index (κ3) is 3.38. The minimum atomic E-state index is 0.107. The Morgan fingerprint density at radius 1 is 1.48 bits per heavy atom. The van der Waals surface area contributed by atoms with Gasteiger partial charge in [-0.3, -0.25) is 9.69 Å². The molecule has 0 radical (unpaired) electrons. The van der Waals surface area contributed by atoms with Crippen molar-refractivity contribution in [3.8, 4) is 5.75 Å². The van der Waals surface area contributed by atoms with E-state index in [1.165, 1.54) is 24.9 Å². The summed E-state index contributed by atoms with van der Waals surface area (Å²) in [4.78, 5) is 14.5. The highest BCUT2D eigenvalue weighted by Gasteiger charge is 2.23. The number of nitrogens with one attached hydrogen (secondary N) is 1. The molecule has 1 unspecified atom stereocenters. The molecule has 1 aromatic rings. The van der Waals surface area contributed by atoms with Crippen molar-refractivity contribution >= 4 is 5.91 Å². The van der Waals surface area contributed by atoms with Gasteiger partial charge in [-0.05, 0) is 43.1 Å². The maximum Gasteiger partial charge on any atom is 0.224 e. The van der Waals surface area contributed by atoms with Gasteiger partial charge >= 0.3 is 0 Å². The molecule has 4 nitrogen and oxygen atoms in total. The minimum absolute atomic E-state index is 0.107. The molecule has 1 atom stereocenters. The van der Waals surface area contributed by atoms with Gasteiger partial charge < -0.3 is 10.1 Å². The first-order chi connectivity index (χ1) is 10.3. The van der Waals surface area contributed by atoms with Crippen LogP contribution in [-0.4, -0.2) is 43.1 Å². The number of ether oxygens (including phenoxy) is 1. The number of fused-ring (bicyclic) bond motifs is 1. The van der Waals surface area contributed by atoms with Crippen molar-refractivity contribution in [2.24, 2.45) is 0 Å². The van der Waals surface area contributed by atoms with E-state index < -0.39 is 0 Å². The van der Waals surface area contributed by atoms with E-state index in [9.17, 15) is 4.79 Å². The van der Waals surface area contributed by atoms with Gasteiger partial charge in [0.05, 0.1) is 13.0 Å². The number of carbonyl (C=O) groups excluding carboxylic acids is 1. The smallest absolute Gasteiger partial charge is 0.224 e. The topological polar surface area (TPSA) is 41.6 Å². The molecule has 2 aliphatic rings. The van der Waals surface area contributed by atoms with Crippen LogP contribution in [0.5, 0.6) is 5.75 Å². The number of nitrogens with zero attached hydrogens (tertiary/aromatic N) is 1. The lowest BCUT2D eigenvalue weighted by molar-refractivity contribution is -0.120. The summed E-state index contributed by atoms with van der Waals surface area (Å²) in [6.07, 6.45) is 3.86. The van der Waals surface area contributed by atoms with Crippen molar-refractivity contribution in [2.45, 2.75) is 38.6 Å². The molecule has 0 aliphatic carbocycles. The van der Waals surface area contributed by atoms with Crippen LogP contribution in [0.2, 0.25) is 0 Å². The van der Waals surface area contributed by atoms with Crippen LogP contribution in [-0.2, 0) is 17.6 Å². The van der Waals surface area contributed by atoms with Gasteiger partial charge in [-0.2, -0.15) is 0 Å². The molecule has 0 saturated carbocycles. The van der Waals surface area contributed by atoms with Crippen molar-refractivity contribution in [1.82, 2.24) is 10.2 Å². The van der Waals surface area contributed by atoms with Crippen LogP contribution in [0, 0.1) is 0 Å². The zero-order valence-corrected chi connectivity index (χ0v) is 12.7. The van der Waals surface area contributed by atoms with Gasteiger partial charge in [0.25, 0.3) is 0 Å². The number of carbonyl (C=O) groups is 1. The highest BCUT2D eigenvalue weighted by atomic mass is 16.5. The minimum Gasteiger partial charge on any atom is -0.493 e. The fourth-order valence-electron chi connectivity index (χ4n) is 3.34. The van der Waals surface area contributed by atoms with E-state index in [2.05, 4.69) is 23.2 Å². The molecule has 0 aromatic heterocycles. The van der Waals surface area contributed by atoms with Gasteiger partial charge in [-0.1, -0.05) is 19.1 Å². The second-order valence-electron chi connectivity index (χ2n) is 5.95. The van der Waals surface area contributed by atoms with Crippen molar-refractivity contribution < 1.29 is 9.53 Å². The van der Waals surface area contributed by atoms with Crippen LogP contribution in [0.25, 0.3) is 0 Å². The molecule has 1 saturated heterocycles. The first-order valence-electron chi connectivity index (χ1n) is 8.01. The second kappa shape index (κ2) is 6.48. The summed E-state index contributed by atoms with van der Waals surface area (Å²) in [6, 6.07) is 6.65. The monoisotopic (exact) mass is 288 g/mol. The van der Waals surface area contributed by atoms with Crippen molar-refractivity contribution in [2.75, 3.05) is 26.2 Å². The zero-order valence-electron chi connectivity index (χ0n) is 12.7. The highest BCUT2D eigenvalue weighted by Crippen LogP contribution is 2.26. The molecule has 114 valence electrons. The van der Waals surface area contributed by atoms with Crippen LogP contribution in [0.3, 0.4) is 0 Å². The average molecular weight is 288 g/mol. The van der Waals surface area contributed by atoms with Crippen molar-refractivity contribution in [3.63, 3.8) is 0 Å².